The predicted octanol–water partition coefficient (Wildman–Crippen LogP) is 3.56. The number of aromatic nitrogens is 3. The zero-order valence-corrected chi connectivity index (χ0v) is 19.4. The molecule has 2 heterocycles. The van der Waals surface area contributed by atoms with Gasteiger partial charge < -0.3 is 10.6 Å². The molecule has 0 unspecified atom stereocenters. The number of pyridine rings is 1. The van der Waals surface area contributed by atoms with E-state index < -0.39 is 11.2 Å². The van der Waals surface area contributed by atoms with Crippen molar-refractivity contribution in [2.24, 2.45) is 5.92 Å². The maximum atomic E-state index is 13.3. The van der Waals surface area contributed by atoms with Gasteiger partial charge in [-0.1, -0.05) is 51.5 Å². The van der Waals surface area contributed by atoms with Crippen molar-refractivity contribution in [1.82, 2.24) is 14.5 Å². The van der Waals surface area contributed by atoms with Gasteiger partial charge in [-0.15, -0.1) is 0 Å². The molecule has 3 rings (SSSR count). The SMILES string of the molecule is CCCCn1c(N)c(N(CCC(C)C)C(=O)/C=C/c2cccc3cccnc23)c(=O)[nH]c1=O. The third kappa shape index (κ3) is 5.58. The number of anilines is 2. The van der Waals surface area contributed by atoms with Crippen LogP contribution < -0.4 is 21.9 Å². The Kier molecular flexibility index (Phi) is 7.82. The van der Waals surface area contributed by atoms with Gasteiger partial charge in [-0.25, -0.2) is 4.79 Å². The van der Waals surface area contributed by atoms with Gasteiger partial charge in [-0.2, -0.15) is 0 Å². The van der Waals surface area contributed by atoms with E-state index in [1.54, 1.807) is 12.3 Å². The molecule has 1 amide bonds. The second-order valence-corrected chi connectivity index (χ2v) is 8.43. The largest absolute Gasteiger partial charge is 0.383 e. The number of nitrogen functional groups attached to an aromatic ring is 1. The fourth-order valence-corrected chi connectivity index (χ4v) is 3.61. The van der Waals surface area contributed by atoms with Crippen LogP contribution in [-0.2, 0) is 11.3 Å². The average Bonchev–Trinajstić information content (AvgIpc) is 2.79. The Morgan fingerprint density at radius 2 is 2.00 bits per heavy atom. The van der Waals surface area contributed by atoms with Crippen molar-refractivity contribution in [1.29, 1.82) is 0 Å². The molecule has 0 aliphatic rings. The lowest BCUT2D eigenvalue weighted by Crippen LogP contribution is -2.41. The number of aromatic amines is 1. The number of fused-ring (bicyclic) bond motifs is 1. The van der Waals surface area contributed by atoms with Crippen molar-refractivity contribution in [3.05, 3.63) is 69.0 Å². The number of unbranched alkanes of at least 4 members (excludes halogenated alkanes) is 1. The smallest absolute Gasteiger partial charge is 0.330 e. The predicted molar refractivity (Wildman–Crippen MR) is 133 cm³/mol. The van der Waals surface area contributed by atoms with Gasteiger partial charge in [0.2, 0.25) is 0 Å². The minimum absolute atomic E-state index is 0.00883. The molecule has 0 aliphatic heterocycles. The van der Waals surface area contributed by atoms with Gasteiger partial charge in [0, 0.05) is 36.3 Å². The molecule has 8 heteroatoms. The number of hydrogen-bond donors (Lipinski definition) is 2. The fraction of sp³-hybridized carbons (Fsp3) is 0.360. The van der Waals surface area contributed by atoms with E-state index in [0.717, 1.165) is 29.3 Å². The number of rotatable bonds is 9. The number of carbonyl (C=O) groups excluding carboxylic acids is 1. The number of benzene rings is 1. The van der Waals surface area contributed by atoms with Gasteiger partial charge in [0.1, 0.15) is 5.82 Å². The van der Waals surface area contributed by atoms with E-state index in [1.165, 1.54) is 15.5 Å². The molecular formula is C25H31N5O3. The summed E-state index contributed by atoms with van der Waals surface area (Å²) in [6, 6.07) is 9.55. The average molecular weight is 450 g/mol. The highest BCUT2D eigenvalue weighted by atomic mass is 16.2. The lowest BCUT2D eigenvalue weighted by atomic mass is 10.1. The first-order valence-electron chi connectivity index (χ1n) is 11.3. The molecule has 1 aromatic carbocycles. The van der Waals surface area contributed by atoms with Crippen LogP contribution in [0.2, 0.25) is 0 Å². The molecule has 0 saturated carbocycles. The van der Waals surface area contributed by atoms with Crippen LogP contribution in [0.25, 0.3) is 17.0 Å². The summed E-state index contributed by atoms with van der Waals surface area (Å²) in [5, 5.41) is 0.965. The number of nitrogens with zero attached hydrogens (tertiary/aromatic N) is 3. The zero-order valence-electron chi connectivity index (χ0n) is 19.4. The van der Waals surface area contributed by atoms with E-state index in [9.17, 15) is 14.4 Å². The monoisotopic (exact) mass is 449 g/mol. The molecule has 0 radical (unpaired) electrons. The number of H-pyrrole nitrogens is 1. The highest BCUT2D eigenvalue weighted by Gasteiger charge is 2.23. The molecule has 2 aromatic heterocycles. The van der Waals surface area contributed by atoms with Crippen LogP contribution in [0, 0.1) is 5.92 Å². The molecule has 0 aliphatic carbocycles. The standard InChI is InChI=1S/C25H31N5O3/c1-4-5-15-30-23(26)22(24(32)28-25(30)33)29(16-13-17(2)3)20(31)12-11-19-9-6-8-18-10-7-14-27-21(18)19/h6-12,14,17H,4-5,13,15-16,26H2,1-3H3,(H,28,32,33)/b12-11+. The lowest BCUT2D eigenvalue weighted by Gasteiger charge is -2.24. The Morgan fingerprint density at radius 1 is 1.24 bits per heavy atom. The fourth-order valence-electron chi connectivity index (χ4n) is 3.61. The summed E-state index contributed by atoms with van der Waals surface area (Å²) < 4.78 is 1.33. The van der Waals surface area contributed by atoms with Gasteiger partial charge >= 0.3 is 5.69 Å². The molecule has 0 bridgehead atoms. The van der Waals surface area contributed by atoms with E-state index in [2.05, 4.69) is 9.97 Å². The van der Waals surface area contributed by atoms with Crippen LogP contribution in [-0.4, -0.2) is 27.0 Å². The Hall–Kier alpha value is -3.68. The van der Waals surface area contributed by atoms with Gasteiger partial charge in [0.15, 0.2) is 5.69 Å². The van der Waals surface area contributed by atoms with Gasteiger partial charge in [-0.05, 0) is 30.9 Å². The van der Waals surface area contributed by atoms with Crippen molar-refractivity contribution >= 4 is 34.4 Å². The Morgan fingerprint density at radius 3 is 2.73 bits per heavy atom. The van der Waals surface area contributed by atoms with E-state index in [0.29, 0.717) is 25.4 Å². The zero-order chi connectivity index (χ0) is 24.0. The number of nitrogens with one attached hydrogen (secondary N) is 1. The minimum Gasteiger partial charge on any atom is -0.383 e. The van der Waals surface area contributed by atoms with Crippen LogP contribution in [0.1, 0.15) is 45.6 Å². The van der Waals surface area contributed by atoms with Crippen molar-refractivity contribution < 1.29 is 4.79 Å². The van der Waals surface area contributed by atoms with Crippen LogP contribution in [0.3, 0.4) is 0 Å². The second kappa shape index (κ2) is 10.8. The van der Waals surface area contributed by atoms with E-state index in [1.807, 2.05) is 51.1 Å². The number of para-hydroxylation sites is 1. The highest BCUT2D eigenvalue weighted by molar-refractivity contribution is 6.06. The van der Waals surface area contributed by atoms with Crippen molar-refractivity contribution in [2.45, 2.75) is 46.6 Å². The highest BCUT2D eigenvalue weighted by Crippen LogP contribution is 2.21. The molecule has 174 valence electrons. The second-order valence-electron chi connectivity index (χ2n) is 8.43. The van der Waals surface area contributed by atoms with Gasteiger partial charge in [0.25, 0.3) is 11.5 Å². The molecule has 3 aromatic rings. The molecule has 0 saturated heterocycles. The summed E-state index contributed by atoms with van der Waals surface area (Å²) in [7, 11) is 0. The molecule has 0 spiro atoms. The third-order valence-electron chi connectivity index (χ3n) is 5.48. The number of amides is 1. The van der Waals surface area contributed by atoms with Crippen LogP contribution >= 0.6 is 0 Å². The summed E-state index contributed by atoms with van der Waals surface area (Å²) in [5.41, 5.74) is 6.62. The molecular weight excluding hydrogens is 418 g/mol. The first-order chi connectivity index (χ1) is 15.8. The third-order valence-corrected chi connectivity index (χ3v) is 5.48. The van der Waals surface area contributed by atoms with Crippen molar-refractivity contribution in [3.63, 3.8) is 0 Å². The van der Waals surface area contributed by atoms with Crippen LogP contribution in [0.4, 0.5) is 11.5 Å². The Labute approximate surface area is 192 Å². The molecule has 8 nitrogen and oxygen atoms in total. The van der Waals surface area contributed by atoms with E-state index >= 15 is 0 Å². The summed E-state index contributed by atoms with van der Waals surface area (Å²) in [5.74, 6) is -0.0751. The van der Waals surface area contributed by atoms with Crippen molar-refractivity contribution in [2.75, 3.05) is 17.2 Å². The molecule has 0 fully saturated rings. The minimum atomic E-state index is -0.664. The summed E-state index contributed by atoms with van der Waals surface area (Å²) >= 11 is 0. The summed E-state index contributed by atoms with van der Waals surface area (Å²) in [6.07, 6.45) is 7.07. The lowest BCUT2D eigenvalue weighted by molar-refractivity contribution is -0.114. The van der Waals surface area contributed by atoms with Crippen molar-refractivity contribution in [3.8, 4) is 0 Å². The summed E-state index contributed by atoms with van der Waals surface area (Å²) in [4.78, 5) is 46.5. The Balaban J connectivity index is 2.02. The number of hydrogen-bond acceptors (Lipinski definition) is 5. The van der Waals surface area contributed by atoms with Crippen LogP contribution in [0.15, 0.2) is 52.2 Å². The van der Waals surface area contributed by atoms with Gasteiger partial charge in [-0.3, -0.25) is 24.1 Å². The number of carbonyl (C=O) groups is 1. The van der Waals surface area contributed by atoms with E-state index in [-0.39, 0.29) is 17.4 Å². The first-order valence-corrected chi connectivity index (χ1v) is 11.3. The van der Waals surface area contributed by atoms with E-state index in [4.69, 9.17) is 5.73 Å². The molecule has 33 heavy (non-hydrogen) atoms. The quantitative estimate of drug-likeness (QED) is 0.485. The summed E-state index contributed by atoms with van der Waals surface area (Å²) in [6.45, 7) is 6.74. The molecule has 3 N–H and O–H groups in total. The normalized spacial score (nSPS) is 11.5. The van der Waals surface area contributed by atoms with Gasteiger partial charge in [0.05, 0.1) is 5.52 Å². The number of nitrogens with two attached hydrogens (primary N) is 1. The van der Waals surface area contributed by atoms with Crippen LogP contribution in [0.5, 0.6) is 0 Å². The topological polar surface area (TPSA) is 114 Å². The first kappa shape index (κ1) is 24.0. The molecule has 0 atom stereocenters. The maximum absolute atomic E-state index is 13.3. The maximum Gasteiger partial charge on any atom is 0.330 e. The Bertz CT molecular complexity index is 1270.